The van der Waals surface area contributed by atoms with E-state index in [1.165, 1.54) is 11.3 Å². The summed E-state index contributed by atoms with van der Waals surface area (Å²) in [7, 11) is 0. The van der Waals surface area contributed by atoms with Crippen molar-refractivity contribution in [3.8, 4) is 0 Å². The molecular formula is C9H12N2O3S. The quantitative estimate of drug-likeness (QED) is 0.675. The van der Waals surface area contributed by atoms with Crippen LogP contribution < -0.4 is 11.1 Å². The number of rotatable bonds is 5. The first-order valence-electron chi connectivity index (χ1n) is 4.41. The van der Waals surface area contributed by atoms with Gasteiger partial charge >= 0.3 is 5.97 Å². The number of carbonyl (C=O) groups is 2. The van der Waals surface area contributed by atoms with Gasteiger partial charge in [0.1, 0.15) is 6.04 Å². The zero-order chi connectivity index (χ0) is 11.3. The van der Waals surface area contributed by atoms with Crippen LogP contribution in [-0.4, -0.2) is 29.6 Å². The molecule has 1 rings (SSSR count). The van der Waals surface area contributed by atoms with Crippen LogP contribution in [0.5, 0.6) is 0 Å². The van der Waals surface area contributed by atoms with E-state index < -0.39 is 12.0 Å². The lowest BCUT2D eigenvalue weighted by Gasteiger charge is -2.06. The predicted octanol–water partition coefficient (Wildman–Crippen LogP) is 0.280. The molecule has 0 saturated carbocycles. The molecule has 1 aromatic rings. The fourth-order valence-electron chi connectivity index (χ4n) is 0.960. The number of thiophene rings is 1. The topological polar surface area (TPSA) is 92.4 Å². The molecule has 0 spiro atoms. The molecule has 0 radical (unpaired) electrons. The van der Waals surface area contributed by atoms with Gasteiger partial charge in [-0.15, -0.1) is 11.3 Å². The molecular weight excluding hydrogens is 216 g/mol. The molecule has 4 N–H and O–H groups in total. The molecule has 5 nitrogen and oxygen atoms in total. The maximum atomic E-state index is 11.4. The molecule has 0 fully saturated rings. The summed E-state index contributed by atoms with van der Waals surface area (Å²) in [5, 5.41) is 12.9. The average molecular weight is 228 g/mol. The Morgan fingerprint density at radius 1 is 1.60 bits per heavy atom. The Kier molecular flexibility index (Phi) is 4.26. The zero-order valence-corrected chi connectivity index (χ0v) is 8.79. The van der Waals surface area contributed by atoms with Crippen molar-refractivity contribution in [3.05, 3.63) is 22.4 Å². The standard InChI is InChI=1S/C9H12N2O3S/c10-6(9(13)14)3-4-11-8(12)7-2-1-5-15-7/h1-2,5-6H,3-4,10H2,(H,11,12)(H,13,14)/t6-/m0/s1. The highest BCUT2D eigenvalue weighted by molar-refractivity contribution is 7.12. The largest absolute Gasteiger partial charge is 0.480 e. The summed E-state index contributed by atoms with van der Waals surface area (Å²) in [5.41, 5.74) is 5.27. The third-order valence-corrected chi connectivity index (χ3v) is 2.67. The number of aliphatic carboxylic acids is 1. The number of hydrogen-bond donors (Lipinski definition) is 3. The Bertz CT molecular complexity index is 337. The van der Waals surface area contributed by atoms with E-state index in [2.05, 4.69) is 5.32 Å². The lowest BCUT2D eigenvalue weighted by Crippen LogP contribution is -2.35. The molecule has 0 bridgehead atoms. The van der Waals surface area contributed by atoms with Crippen LogP contribution in [0.2, 0.25) is 0 Å². The van der Waals surface area contributed by atoms with E-state index in [9.17, 15) is 9.59 Å². The van der Waals surface area contributed by atoms with E-state index >= 15 is 0 Å². The number of carboxylic acids is 1. The van der Waals surface area contributed by atoms with Gasteiger partial charge in [0, 0.05) is 6.54 Å². The summed E-state index contributed by atoms with van der Waals surface area (Å²) in [4.78, 5) is 22.3. The Labute approximate surface area is 90.9 Å². The van der Waals surface area contributed by atoms with Crippen LogP contribution in [0, 0.1) is 0 Å². The van der Waals surface area contributed by atoms with Gasteiger partial charge in [0.25, 0.3) is 5.91 Å². The van der Waals surface area contributed by atoms with E-state index in [1.54, 1.807) is 17.5 Å². The molecule has 0 aliphatic carbocycles. The highest BCUT2D eigenvalue weighted by Gasteiger charge is 2.12. The fourth-order valence-corrected chi connectivity index (χ4v) is 1.60. The summed E-state index contributed by atoms with van der Waals surface area (Å²) < 4.78 is 0. The number of nitrogens with one attached hydrogen (secondary N) is 1. The third kappa shape index (κ3) is 3.69. The van der Waals surface area contributed by atoms with Gasteiger partial charge in [-0.05, 0) is 17.9 Å². The van der Waals surface area contributed by atoms with Gasteiger partial charge in [0.05, 0.1) is 4.88 Å². The van der Waals surface area contributed by atoms with Gasteiger partial charge in [0.2, 0.25) is 0 Å². The SMILES string of the molecule is N[C@@H](CCNC(=O)c1cccs1)C(=O)O. The number of hydrogen-bond acceptors (Lipinski definition) is 4. The molecule has 0 unspecified atom stereocenters. The second-order valence-electron chi connectivity index (χ2n) is 2.97. The average Bonchev–Trinajstić information content (AvgIpc) is 2.70. The van der Waals surface area contributed by atoms with E-state index in [-0.39, 0.29) is 18.9 Å². The van der Waals surface area contributed by atoms with Crippen LogP contribution >= 0.6 is 11.3 Å². The number of carbonyl (C=O) groups excluding carboxylic acids is 1. The minimum Gasteiger partial charge on any atom is -0.480 e. The summed E-state index contributed by atoms with van der Waals surface area (Å²) in [5.74, 6) is -1.25. The Balaban J connectivity index is 2.27. The molecule has 0 aliphatic rings. The molecule has 0 saturated heterocycles. The van der Waals surface area contributed by atoms with Crippen molar-refractivity contribution in [1.82, 2.24) is 5.32 Å². The minimum atomic E-state index is -1.06. The van der Waals surface area contributed by atoms with Crippen LogP contribution in [0.4, 0.5) is 0 Å². The summed E-state index contributed by atoms with van der Waals surface area (Å²) >= 11 is 1.34. The monoisotopic (exact) mass is 228 g/mol. The fraction of sp³-hybridized carbons (Fsp3) is 0.333. The van der Waals surface area contributed by atoms with Crippen molar-refractivity contribution in [3.63, 3.8) is 0 Å². The van der Waals surface area contributed by atoms with Crippen molar-refractivity contribution in [2.45, 2.75) is 12.5 Å². The highest BCUT2D eigenvalue weighted by atomic mass is 32.1. The lowest BCUT2D eigenvalue weighted by atomic mass is 10.2. The maximum absolute atomic E-state index is 11.4. The minimum absolute atomic E-state index is 0.192. The first-order valence-corrected chi connectivity index (χ1v) is 5.29. The molecule has 1 aromatic heterocycles. The Hall–Kier alpha value is -1.40. The van der Waals surface area contributed by atoms with E-state index in [0.717, 1.165) is 0 Å². The van der Waals surface area contributed by atoms with Crippen LogP contribution in [0.15, 0.2) is 17.5 Å². The van der Waals surface area contributed by atoms with Crippen molar-refractivity contribution < 1.29 is 14.7 Å². The summed E-state index contributed by atoms with van der Waals surface area (Å²) in [6.45, 7) is 0.268. The number of nitrogens with two attached hydrogens (primary N) is 1. The van der Waals surface area contributed by atoms with Gasteiger partial charge < -0.3 is 16.2 Å². The van der Waals surface area contributed by atoms with Gasteiger partial charge in [-0.25, -0.2) is 0 Å². The number of carboxylic acid groups (broad SMARTS) is 1. The molecule has 6 heteroatoms. The second kappa shape index (κ2) is 5.47. The van der Waals surface area contributed by atoms with E-state index in [1.807, 2.05) is 0 Å². The molecule has 1 amide bonds. The molecule has 1 atom stereocenters. The smallest absolute Gasteiger partial charge is 0.320 e. The molecule has 1 heterocycles. The van der Waals surface area contributed by atoms with Crippen molar-refractivity contribution >= 4 is 23.2 Å². The lowest BCUT2D eigenvalue weighted by molar-refractivity contribution is -0.138. The van der Waals surface area contributed by atoms with Crippen LogP contribution in [0.3, 0.4) is 0 Å². The third-order valence-electron chi connectivity index (χ3n) is 1.80. The molecule has 0 aliphatic heterocycles. The van der Waals surface area contributed by atoms with Crippen molar-refractivity contribution in [2.75, 3.05) is 6.54 Å². The Morgan fingerprint density at radius 3 is 2.87 bits per heavy atom. The van der Waals surface area contributed by atoms with E-state index in [0.29, 0.717) is 4.88 Å². The predicted molar refractivity (Wildman–Crippen MR) is 56.9 cm³/mol. The van der Waals surface area contributed by atoms with Crippen LogP contribution in [0.1, 0.15) is 16.1 Å². The second-order valence-corrected chi connectivity index (χ2v) is 3.91. The molecule has 0 aromatic carbocycles. The van der Waals surface area contributed by atoms with Crippen LogP contribution in [0.25, 0.3) is 0 Å². The molecule has 82 valence electrons. The molecule has 15 heavy (non-hydrogen) atoms. The van der Waals surface area contributed by atoms with Gasteiger partial charge in [-0.3, -0.25) is 9.59 Å². The highest BCUT2D eigenvalue weighted by Crippen LogP contribution is 2.07. The first kappa shape index (κ1) is 11.7. The summed E-state index contributed by atoms with van der Waals surface area (Å²) in [6, 6.07) is 2.56. The normalized spacial score (nSPS) is 12.1. The van der Waals surface area contributed by atoms with Gasteiger partial charge in [0.15, 0.2) is 0 Å². The van der Waals surface area contributed by atoms with Crippen molar-refractivity contribution in [2.24, 2.45) is 5.73 Å². The first-order chi connectivity index (χ1) is 7.11. The maximum Gasteiger partial charge on any atom is 0.320 e. The number of amides is 1. The summed E-state index contributed by atoms with van der Waals surface area (Å²) in [6.07, 6.45) is 0.229. The Morgan fingerprint density at radius 2 is 2.33 bits per heavy atom. The van der Waals surface area contributed by atoms with Crippen molar-refractivity contribution in [1.29, 1.82) is 0 Å². The van der Waals surface area contributed by atoms with Gasteiger partial charge in [-0.2, -0.15) is 0 Å². The van der Waals surface area contributed by atoms with E-state index in [4.69, 9.17) is 10.8 Å². The van der Waals surface area contributed by atoms with Crippen LogP contribution in [-0.2, 0) is 4.79 Å². The van der Waals surface area contributed by atoms with Gasteiger partial charge in [-0.1, -0.05) is 6.07 Å². The zero-order valence-electron chi connectivity index (χ0n) is 7.97.